The molecule has 20 heavy (non-hydrogen) atoms. The van der Waals surface area contributed by atoms with Crippen molar-refractivity contribution in [3.05, 3.63) is 29.6 Å². The second kappa shape index (κ2) is 8.35. The monoisotopic (exact) mass is 276 g/mol. The molecule has 1 aliphatic heterocycles. The van der Waals surface area contributed by atoms with Gasteiger partial charge < -0.3 is 10.2 Å². The van der Waals surface area contributed by atoms with Gasteiger partial charge in [0.15, 0.2) is 0 Å². The summed E-state index contributed by atoms with van der Waals surface area (Å²) in [6, 6.07) is 6.39. The van der Waals surface area contributed by atoms with E-state index >= 15 is 0 Å². The van der Waals surface area contributed by atoms with Crippen molar-refractivity contribution in [1.82, 2.24) is 20.1 Å². The Balaban J connectivity index is 1.82. The predicted octanol–water partition coefficient (Wildman–Crippen LogP) is 1.72. The molecule has 2 heterocycles. The molecule has 1 aromatic heterocycles. The molecular weight excluding hydrogens is 248 g/mol. The third-order valence-electron chi connectivity index (χ3n) is 3.90. The number of rotatable bonds is 7. The van der Waals surface area contributed by atoms with Gasteiger partial charge in [-0.1, -0.05) is 19.9 Å². The van der Waals surface area contributed by atoms with Crippen LogP contribution in [0.3, 0.4) is 0 Å². The lowest BCUT2D eigenvalue weighted by Gasteiger charge is -2.33. The maximum absolute atomic E-state index is 4.76. The molecule has 4 nitrogen and oxygen atoms in total. The molecule has 2 rings (SSSR count). The van der Waals surface area contributed by atoms with Crippen molar-refractivity contribution in [3.63, 3.8) is 0 Å². The lowest BCUT2D eigenvalue weighted by Crippen LogP contribution is -2.45. The van der Waals surface area contributed by atoms with Crippen LogP contribution >= 0.6 is 0 Å². The molecule has 0 aromatic carbocycles. The third kappa shape index (κ3) is 4.85. The fourth-order valence-corrected chi connectivity index (χ4v) is 2.60. The van der Waals surface area contributed by atoms with Gasteiger partial charge in [-0.2, -0.15) is 0 Å². The normalized spacial score (nSPS) is 17.5. The molecule has 4 heteroatoms. The van der Waals surface area contributed by atoms with E-state index in [0.717, 1.165) is 38.4 Å². The average molecular weight is 276 g/mol. The first-order chi connectivity index (χ1) is 9.81. The number of piperazine rings is 1. The molecule has 0 unspecified atom stereocenters. The number of hydrogen-bond acceptors (Lipinski definition) is 4. The first-order valence-electron chi connectivity index (χ1n) is 7.92. The predicted molar refractivity (Wildman–Crippen MR) is 83.6 cm³/mol. The Hall–Kier alpha value is -0.970. The topological polar surface area (TPSA) is 31.4 Å². The number of hydrogen-bond donors (Lipinski definition) is 1. The minimum Gasteiger partial charge on any atom is -0.311 e. The third-order valence-corrected chi connectivity index (χ3v) is 3.90. The molecule has 0 bridgehead atoms. The van der Waals surface area contributed by atoms with E-state index in [1.807, 2.05) is 0 Å². The van der Waals surface area contributed by atoms with Crippen LogP contribution in [0.5, 0.6) is 0 Å². The first kappa shape index (κ1) is 15.4. The van der Waals surface area contributed by atoms with Gasteiger partial charge in [0, 0.05) is 39.3 Å². The highest BCUT2D eigenvalue weighted by Gasteiger charge is 2.15. The van der Waals surface area contributed by atoms with Crippen LogP contribution in [0, 0.1) is 0 Å². The Kier molecular flexibility index (Phi) is 6.43. The molecule has 0 atom stereocenters. The van der Waals surface area contributed by atoms with Crippen molar-refractivity contribution in [2.24, 2.45) is 0 Å². The van der Waals surface area contributed by atoms with E-state index in [2.05, 4.69) is 47.2 Å². The molecule has 0 radical (unpaired) electrons. The molecule has 1 aliphatic rings. The summed E-state index contributed by atoms with van der Waals surface area (Å²) in [5.74, 6) is 0. The molecule has 112 valence electrons. The maximum Gasteiger partial charge on any atom is 0.0547 e. The van der Waals surface area contributed by atoms with Gasteiger partial charge in [0.1, 0.15) is 0 Å². The number of nitrogens with zero attached hydrogens (tertiary/aromatic N) is 3. The van der Waals surface area contributed by atoms with Crippen LogP contribution in [0.25, 0.3) is 0 Å². The molecule has 1 fully saturated rings. The Labute approximate surface area is 123 Å². The highest BCUT2D eigenvalue weighted by atomic mass is 15.3. The van der Waals surface area contributed by atoms with E-state index in [1.165, 1.54) is 31.7 Å². The molecular formula is C16H28N4. The van der Waals surface area contributed by atoms with Crippen LogP contribution in [0.1, 0.15) is 31.7 Å². The Bertz CT molecular complexity index is 386. The van der Waals surface area contributed by atoms with E-state index in [0.29, 0.717) is 0 Å². The van der Waals surface area contributed by atoms with Crippen molar-refractivity contribution in [2.45, 2.75) is 33.4 Å². The summed E-state index contributed by atoms with van der Waals surface area (Å²) in [4.78, 5) is 9.78. The van der Waals surface area contributed by atoms with E-state index in [1.54, 1.807) is 0 Å². The number of pyridine rings is 1. The van der Waals surface area contributed by atoms with Crippen molar-refractivity contribution < 1.29 is 0 Å². The lowest BCUT2D eigenvalue weighted by molar-refractivity contribution is 0.131. The first-order valence-corrected chi connectivity index (χ1v) is 7.92. The molecule has 0 saturated carbocycles. The van der Waals surface area contributed by atoms with Gasteiger partial charge in [0.25, 0.3) is 0 Å². The van der Waals surface area contributed by atoms with Crippen LogP contribution in [0.2, 0.25) is 0 Å². The van der Waals surface area contributed by atoms with E-state index in [9.17, 15) is 0 Å². The second-order valence-electron chi connectivity index (χ2n) is 5.51. The van der Waals surface area contributed by atoms with Gasteiger partial charge >= 0.3 is 0 Å². The van der Waals surface area contributed by atoms with E-state index < -0.39 is 0 Å². The Morgan fingerprint density at radius 2 is 1.75 bits per heavy atom. The summed E-state index contributed by atoms with van der Waals surface area (Å²) in [5, 5.41) is 3.41. The standard InChI is InChI=1S/C16H28N4/c1-3-8-17-13-15-6-5-7-16(18-15)14-20-11-9-19(4-2)10-12-20/h5-7,17H,3-4,8-14H2,1-2H3. The van der Waals surface area contributed by atoms with E-state index in [4.69, 9.17) is 4.98 Å². The zero-order chi connectivity index (χ0) is 14.2. The highest BCUT2D eigenvalue weighted by Crippen LogP contribution is 2.07. The van der Waals surface area contributed by atoms with Gasteiger partial charge in [-0.25, -0.2) is 0 Å². The summed E-state index contributed by atoms with van der Waals surface area (Å²) >= 11 is 0. The zero-order valence-electron chi connectivity index (χ0n) is 12.9. The molecule has 1 saturated heterocycles. The molecule has 0 spiro atoms. The molecule has 0 aliphatic carbocycles. The summed E-state index contributed by atoms with van der Waals surface area (Å²) in [6.45, 7) is 13.2. The number of likely N-dealkylation sites (N-methyl/N-ethyl adjacent to an activating group) is 1. The van der Waals surface area contributed by atoms with Gasteiger partial charge in [0.05, 0.1) is 11.4 Å². The average Bonchev–Trinajstić information content (AvgIpc) is 2.49. The maximum atomic E-state index is 4.76. The largest absolute Gasteiger partial charge is 0.311 e. The molecule has 0 amide bonds. The quantitative estimate of drug-likeness (QED) is 0.768. The van der Waals surface area contributed by atoms with Crippen molar-refractivity contribution in [3.8, 4) is 0 Å². The van der Waals surface area contributed by atoms with Crippen LogP contribution in [-0.2, 0) is 13.1 Å². The lowest BCUT2D eigenvalue weighted by atomic mass is 10.2. The summed E-state index contributed by atoms with van der Waals surface area (Å²) in [7, 11) is 0. The minimum absolute atomic E-state index is 0.880. The Morgan fingerprint density at radius 1 is 1.05 bits per heavy atom. The number of aromatic nitrogens is 1. The van der Waals surface area contributed by atoms with Gasteiger partial charge in [-0.15, -0.1) is 0 Å². The zero-order valence-corrected chi connectivity index (χ0v) is 12.9. The second-order valence-corrected chi connectivity index (χ2v) is 5.51. The van der Waals surface area contributed by atoms with Crippen LogP contribution in [0.4, 0.5) is 0 Å². The molecule has 1 N–H and O–H groups in total. The summed E-state index contributed by atoms with van der Waals surface area (Å²) in [5.41, 5.74) is 2.36. The Morgan fingerprint density at radius 3 is 2.45 bits per heavy atom. The van der Waals surface area contributed by atoms with Crippen molar-refractivity contribution in [1.29, 1.82) is 0 Å². The van der Waals surface area contributed by atoms with Crippen LogP contribution in [0.15, 0.2) is 18.2 Å². The SMILES string of the molecule is CCCNCc1cccc(CN2CCN(CC)CC2)n1. The van der Waals surface area contributed by atoms with Crippen LogP contribution in [-0.4, -0.2) is 54.1 Å². The highest BCUT2D eigenvalue weighted by molar-refractivity contribution is 5.11. The fourth-order valence-electron chi connectivity index (χ4n) is 2.60. The summed E-state index contributed by atoms with van der Waals surface area (Å²) < 4.78 is 0. The van der Waals surface area contributed by atoms with Crippen molar-refractivity contribution in [2.75, 3.05) is 39.3 Å². The van der Waals surface area contributed by atoms with Gasteiger partial charge in [0.2, 0.25) is 0 Å². The molecule has 1 aromatic rings. The smallest absolute Gasteiger partial charge is 0.0547 e. The van der Waals surface area contributed by atoms with Gasteiger partial charge in [-0.3, -0.25) is 9.88 Å². The summed E-state index contributed by atoms with van der Waals surface area (Å²) in [6.07, 6.45) is 1.17. The van der Waals surface area contributed by atoms with Crippen molar-refractivity contribution >= 4 is 0 Å². The fraction of sp³-hybridized carbons (Fsp3) is 0.688. The van der Waals surface area contributed by atoms with Crippen LogP contribution < -0.4 is 5.32 Å². The minimum atomic E-state index is 0.880. The van der Waals surface area contributed by atoms with Gasteiger partial charge in [-0.05, 0) is 31.6 Å². The van der Waals surface area contributed by atoms with E-state index in [-0.39, 0.29) is 0 Å². The number of nitrogens with one attached hydrogen (secondary N) is 1.